The molecule has 0 aliphatic carbocycles. The molecule has 2 atom stereocenters. The van der Waals surface area contributed by atoms with Crippen molar-refractivity contribution in [1.29, 1.82) is 0 Å². The van der Waals surface area contributed by atoms with Crippen molar-refractivity contribution in [3.8, 4) is 5.88 Å². The third-order valence-electron chi connectivity index (χ3n) is 2.73. The molecule has 2 unspecified atom stereocenters. The van der Waals surface area contributed by atoms with Crippen molar-refractivity contribution in [2.24, 2.45) is 0 Å². The first-order valence-corrected chi connectivity index (χ1v) is 7.97. The van der Waals surface area contributed by atoms with Crippen molar-refractivity contribution in [3.63, 3.8) is 0 Å². The monoisotopic (exact) mass is 338 g/mol. The molecule has 1 aromatic rings. The van der Waals surface area contributed by atoms with E-state index in [0.29, 0.717) is 0 Å². The molecule has 0 radical (unpaired) electrons. The van der Waals surface area contributed by atoms with Crippen LogP contribution < -0.4 is 9.46 Å². The van der Waals surface area contributed by atoms with Crippen LogP contribution in [0.5, 0.6) is 5.88 Å². The number of nitrogens with one attached hydrogen (secondary N) is 1. The predicted molar refractivity (Wildman–Crippen MR) is 79.9 cm³/mol. The fraction of sp³-hybridized carbons (Fsp3) is 0.643. The second-order valence-corrected chi connectivity index (χ2v) is 7.86. The maximum absolute atomic E-state index is 12.0. The molecule has 0 aromatic carbocycles. The van der Waals surface area contributed by atoms with Gasteiger partial charge in [-0.1, -0.05) is 6.07 Å². The number of nitrogens with zero attached hydrogens (tertiary/aromatic N) is 1. The van der Waals surface area contributed by atoms with Gasteiger partial charge >= 0.3 is 6.18 Å². The zero-order valence-corrected chi connectivity index (χ0v) is 13.8. The van der Waals surface area contributed by atoms with Crippen LogP contribution in [0.4, 0.5) is 13.2 Å². The van der Waals surface area contributed by atoms with Crippen LogP contribution in [0.1, 0.15) is 45.7 Å². The lowest BCUT2D eigenvalue weighted by Crippen LogP contribution is -2.40. The van der Waals surface area contributed by atoms with Gasteiger partial charge in [0.1, 0.15) is 4.75 Å². The summed E-state index contributed by atoms with van der Waals surface area (Å²) in [7, 11) is 0. The second-order valence-electron chi connectivity index (χ2n) is 5.86. The van der Waals surface area contributed by atoms with E-state index in [1.165, 1.54) is 12.3 Å². The van der Waals surface area contributed by atoms with Crippen molar-refractivity contribution in [1.82, 2.24) is 9.71 Å². The fourth-order valence-corrected chi connectivity index (χ4v) is 2.22. The van der Waals surface area contributed by atoms with Crippen LogP contribution in [0.3, 0.4) is 0 Å². The average Bonchev–Trinajstić information content (AvgIpc) is 2.36. The Kier molecular flexibility index (Phi) is 6.51. The van der Waals surface area contributed by atoms with Gasteiger partial charge in [0.2, 0.25) is 5.88 Å². The molecule has 1 aromatic heterocycles. The lowest BCUT2D eigenvalue weighted by Gasteiger charge is -2.26. The zero-order valence-electron chi connectivity index (χ0n) is 13.0. The fourth-order valence-electron chi connectivity index (χ4n) is 1.41. The minimum atomic E-state index is -4.24. The van der Waals surface area contributed by atoms with Crippen LogP contribution >= 0.6 is 0 Å². The summed E-state index contributed by atoms with van der Waals surface area (Å²) >= 11 is -1.22. The van der Waals surface area contributed by atoms with E-state index in [-0.39, 0.29) is 16.7 Å². The first kappa shape index (κ1) is 19.1. The molecular weight excluding hydrogens is 317 g/mol. The molecule has 8 heteroatoms. The number of aromatic nitrogens is 1. The smallest absolute Gasteiger partial charge is 0.392 e. The first-order chi connectivity index (χ1) is 9.99. The molecule has 126 valence electrons. The van der Waals surface area contributed by atoms with Crippen LogP contribution in [0.2, 0.25) is 0 Å². The Balaban J connectivity index is 2.54. The third kappa shape index (κ3) is 6.85. The summed E-state index contributed by atoms with van der Waals surface area (Å²) < 4.78 is 55.5. The number of hydrogen-bond donors (Lipinski definition) is 1. The molecule has 22 heavy (non-hydrogen) atoms. The number of alkyl halides is 3. The van der Waals surface area contributed by atoms with E-state index in [1.807, 2.05) is 27.7 Å². The van der Waals surface area contributed by atoms with Gasteiger partial charge in [-0.05, 0) is 33.3 Å². The van der Waals surface area contributed by atoms with Crippen molar-refractivity contribution >= 4 is 11.4 Å². The van der Waals surface area contributed by atoms with Gasteiger partial charge in [0.15, 0.2) is 0 Å². The predicted octanol–water partition coefficient (Wildman–Crippen LogP) is 3.53. The molecule has 0 aliphatic heterocycles. The molecule has 0 bridgehead atoms. The Labute approximate surface area is 131 Å². The minimum absolute atomic E-state index is 0.136. The highest BCUT2D eigenvalue weighted by Gasteiger charge is 2.28. The van der Waals surface area contributed by atoms with Gasteiger partial charge in [0.25, 0.3) is 0 Å². The van der Waals surface area contributed by atoms with Crippen LogP contribution in [-0.4, -0.2) is 27.1 Å². The summed E-state index contributed by atoms with van der Waals surface area (Å²) in [4.78, 5) is 3.96. The maximum atomic E-state index is 12.0. The highest BCUT2D eigenvalue weighted by Crippen LogP contribution is 2.22. The molecule has 0 aliphatic rings. The van der Waals surface area contributed by atoms with E-state index >= 15 is 0 Å². The van der Waals surface area contributed by atoms with Gasteiger partial charge in [-0.15, -0.1) is 4.72 Å². The normalized spacial score (nSPS) is 15.5. The van der Waals surface area contributed by atoms with E-state index in [2.05, 4.69) is 9.71 Å². The van der Waals surface area contributed by atoms with Gasteiger partial charge in [0.05, 0.1) is 19.1 Å². The number of rotatable bonds is 6. The molecule has 0 saturated carbocycles. The SMILES string of the molecule is CC(N[S+]([O-])C(C)(C)C)c1ccc(OCCC(F)(F)F)nc1. The summed E-state index contributed by atoms with van der Waals surface area (Å²) in [5.74, 6) is 0.136. The Morgan fingerprint density at radius 1 is 1.32 bits per heavy atom. The van der Waals surface area contributed by atoms with Gasteiger partial charge in [-0.25, -0.2) is 4.98 Å². The highest BCUT2D eigenvalue weighted by atomic mass is 32.2. The standard InChI is InChI=1S/C14H21F3N2O2S/c1-10(19-22(20)13(2,3)4)11-5-6-12(18-9-11)21-8-7-14(15,16)17/h5-6,9-10,19H,7-8H2,1-4H3. The molecule has 1 rings (SSSR count). The molecule has 0 spiro atoms. The van der Waals surface area contributed by atoms with Gasteiger partial charge in [-0.2, -0.15) is 13.2 Å². The minimum Gasteiger partial charge on any atom is -0.598 e. The van der Waals surface area contributed by atoms with E-state index in [1.54, 1.807) is 6.07 Å². The molecule has 0 amide bonds. The number of ether oxygens (including phenoxy) is 1. The maximum Gasteiger partial charge on any atom is 0.392 e. The first-order valence-electron chi connectivity index (χ1n) is 6.82. The summed E-state index contributed by atoms with van der Waals surface area (Å²) in [6.45, 7) is 6.96. The van der Waals surface area contributed by atoms with Crippen LogP contribution in [-0.2, 0) is 11.4 Å². The second kappa shape index (κ2) is 7.52. The molecule has 0 saturated heterocycles. The van der Waals surface area contributed by atoms with E-state index in [9.17, 15) is 17.7 Å². The average molecular weight is 338 g/mol. The van der Waals surface area contributed by atoms with Gasteiger partial charge in [-0.3, -0.25) is 0 Å². The van der Waals surface area contributed by atoms with Crippen molar-refractivity contribution in [2.75, 3.05) is 6.61 Å². The quantitative estimate of drug-likeness (QED) is 0.806. The van der Waals surface area contributed by atoms with E-state index < -0.39 is 30.6 Å². The third-order valence-corrected chi connectivity index (χ3v) is 4.41. The summed E-state index contributed by atoms with van der Waals surface area (Å²) in [5, 5.41) is 0. The van der Waals surface area contributed by atoms with Crippen molar-refractivity contribution < 1.29 is 22.5 Å². The largest absolute Gasteiger partial charge is 0.598 e. The Morgan fingerprint density at radius 3 is 2.41 bits per heavy atom. The molecule has 1 N–H and O–H groups in total. The number of halogens is 3. The Morgan fingerprint density at radius 2 is 1.95 bits per heavy atom. The van der Waals surface area contributed by atoms with Gasteiger partial charge < -0.3 is 9.29 Å². The Hall–Kier alpha value is -0.990. The van der Waals surface area contributed by atoms with Crippen molar-refractivity contribution in [3.05, 3.63) is 23.9 Å². The lowest BCUT2D eigenvalue weighted by atomic mass is 10.2. The molecule has 1 heterocycles. The zero-order chi connectivity index (χ0) is 17.0. The van der Waals surface area contributed by atoms with E-state index in [0.717, 1.165) is 5.56 Å². The molecule has 4 nitrogen and oxygen atoms in total. The van der Waals surface area contributed by atoms with E-state index in [4.69, 9.17) is 4.74 Å². The molecular formula is C14H21F3N2O2S. The molecule has 0 fully saturated rings. The topological polar surface area (TPSA) is 57.2 Å². The summed E-state index contributed by atoms with van der Waals surface area (Å²) in [6, 6.07) is 2.99. The van der Waals surface area contributed by atoms with Crippen molar-refractivity contribution in [2.45, 2.75) is 51.1 Å². The summed E-state index contributed by atoms with van der Waals surface area (Å²) in [6.07, 6.45) is -3.76. The number of pyridine rings is 1. The van der Waals surface area contributed by atoms with Crippen LogP contribution in [0.15, 0.2) is 18.3 Å². The lowest BCUT2D eigenvalue weighted by molar-refractivity contribution is -0.139. The van der Waals surface area contributed by atoms with Crippen LogP contribution in [0, 0.1) is 0 Å². The highest BCUT2D eigenvalue weighted by molar-refractivity contribution is 7.90. The Bertz CT molecular complexity index is 461. The summed E-state index contributed by atoms with van der Waals surface area (Å²) in [5.41, 5.74) is 0.778. The number of hydrogen-bond acceptors (Lipinski definition) is 4. The van der Waals surface area contributed by atoms with Crippen LogP contribution in [0.25, 0.3) is 0 Å². The van der Waals surface area contributed by atoms with Gasteiger partial charge in [0, 0.05) is 23.6 Å².